The number of methoxy groups -OCH3 is 1. The summed E-state index contributed by atoms with van der Waals surface area (Å²) in [5.74, 6) is 0.812. The number of hydrogen-bond donors (Lipinski definition) is 1. The Hall–Kier alpha value is -1.85. The molecular weight excluding hydrogens is 290 g/mol. The maximum Gasteiger partial charge on any atom is 0.118 e. The van der Waals surface area contributed by atoms with E-state index < -0.39 is 5.60 Å². The molecule has 1 saturated heterocycles. The van der Waals surface area contributed by atoms with Crippen LogP contribution in [0.15, 0.2) is 42.7 Å². The van der Waals surface area contributed by atoms with Crippen LogP contribution >= 0.6 is 0 Å². The van der Waals surface area contributed by atoms with Gasteiger partial charge in [0.1, 0.15) is 11.4 Å². The zero-order chi connectivity index (χ0) is 16.3. The van der Waals surface area contributed by atoms with E-state index in [2.05, 4.69) is 10.00 Å². The average molecular weight is 315 g/mol. The molecule has 1 fully saturated rings. The van der Waals surface area contributed by atoms with Crippen molar-refractivity contribution in [2.75, 3.05) is 20.2 Å². The Kier molecular flexibility index (Phi) is 4.68. The fourth-order valence-corrected chi connectivity index (χ4v) is 3.51. The standard InChI is InChI=1S/C18H25N3O2/c1-18(22,15-6-8-16(23-2)9-7-15)17-5-3-11-20(17)13-14-21-12-4-10-19-21/h4,6-10,12,17,22H,3,5,11,13-14H2,1-2H3. The van der Waals surface area contributed by atoms with Crippen LogP contribution in [0.5, 0.6) is 5.75 Å². The van der Waals surface area contributed by atoms with E-state index in [9.17, 15) is 5.11 Å². The number of benzene rings is 1. The molecule has 2 unspecified atom stereocenters. The van der Waals surface area contributed by atoms with Crippen LogP contribution in [0.1, 0.15) is 25.3 Å². The number of ether oxygens (including phenoxy) is 1. The van der Waals surface area contributed by atoms with Gasteiger partial charge in [-0.05, 0) is 50.1 Å². The Bertz CT molecular complexity index is 608. The minimum absolute atomic E-state index is 0.131. The van der Waals surface area contributed by atoms with Crippen LogP contribution in [-0.2, 0) is 12.1 Å². The van der Waals surface area contributed by atoms with Crippen molar-refractivity contribution < 1.29 is 9.84 Å². The third-order valence-electron chi connectivity index (χ3n) is 4.86. The second kappa shape index (κ2) is 6.72. The van der Waals surface area contributed by atoms with Gasteiger partial charge in [-0.15, -0.1) is 0 Å². The smallest absolute Gasteiger partial charge is 0.118 e. The van der Waals surface area contributed by atoms with E-state index in [1.807, 2.05) is 48.1 Å². The van der Waals surface area contributed by atoms with Crippen molar-refractivity contribution in [2.24, 2.45) is 0 Å². The van der Waals surface area contributed by atoms with Gasteiger partial charge in [-0.2, -0.15) is 5.10 Å². The lowest BCUT2D eigenvalue weighted by Crippen LogP contribution is -2.46. The van der Waals surface area contributed by atoms with Gasteiger partial charge >= 0.3 is 0 Å². The first-order valence-electron chi connectivity index (χ1n) is 8.19. The van der Waals surface area contributed by atoms with Gasteiger partial charge < -0.3 is 9.84 Å². The van der Waals surface area contributed by atoms with Gasteiger partial charge in [0.05, 0.1) is 13.7 Å². The van der Waals surface area contributed by atoms with Gasteiger partial charge in [0.15, 0.2) is 0 Å². The van der Waals surface area contributed by atoms with Crippen molar-refractivity contribution in [3.8, 4) is 5.75 Å². The van der Waals surface area contributed by atoms with Crippen LogP contribution < -0.4 is 4.74 Å². The number of nitrogens with zero attached hydrogens (tertiary/aromatic N) is 3. The van der Waals surface area contributed by atoms with E-state index in [4.69, 9.17) is 4.74 Å². The van der Waals surface area contributed by atoms with Gasteiger partial charge in [0.25, 0.3) is 0 Å². The summed E-state index contributed by atoms with van der Waals surface area (Å²) in [6.07, 6.45) is 5.91. The molecule has 1 aromatic heterocycles. The highest BCUT2D eigenvalue weighted by Gasteiger charge is 2.40. The number of aliphatic hydroxyl groups is 1. The highest BCUT2D eigenvalue weighted by molar-refractivity contribution is 5.31. The molecule has 3 rings (SSSR count). The lowest BCUT2D eigenvalue weighted by atomic mass is 9.86. The van der Waals surface area contributed by atoms with Crippen molar-refractivity contribution in [3.05, 3.63) is 48.3 Å². The fourth-order valence-electron chi connectivity index (χ4n) is 3.51. The van der Waals surface area contributed by atoms with Gasteiger partial charge in [0, 0.05) is 25.0 Å². The highest BCUT2D eigenvalue weighted by Crippen LogP contribution is 2.35. The molecule has 2 aromatic rings. The molecule has 1 N–H and O–H groups in total. The summed E-state index contributed by atoms with van der Waals surface area (Å²) in [6.45, 7) is 4.70. The number of rotatable bonds is 6. The minimum atomic E-state index is -0.868. The minimum Gasteiger partial charge on any atom is -0.497 e. The lowest BCUT2D eigenvalue weighted by molar-refractivity contribution is -0.0239. The first-order chi connectivity index (χ1) is 11.1. The van der Waals surface area contributed by atoms with Gasteiger partial charge in [-0.1, -0.05) is 12.1 Å². The predicted molar refractivity (Wildman–Crippen MR) is 89.4 cm³/mol. The maximum absolute atomic E-state index is 11.2. The van der Waals surface area contributed by atoms with Gasteiger partial charge in [0.2, 0.25) is 0 Å². The Balaban J connectivity index is 1.71. The summed E-state index contributed by atoms with van der Waals surface area (Å²) in [4.78, 5) is 2.38. The first kappa shape index (κ1) is 16.0. The van der Waals surface area contributed by atoms with Crippen molar-refractivity contribution >= 4 is 0 Å². The van der Waals surface area contributed by atoms with E-state index >= 15 is 0 Å². The third kappa shape index (κ3) is 3.41. The molecule has 1 aliphatic rings. The fraction of sp³-hybridized carbons (Fsp3) is 0.500. The first-order valence-corrected chi connectivity index (χ1v) is 8.19. The van der Waals surface area contributed by atoms with Crippen LogP contribution in [0, 0.1) is 0 Å². The number of likely N-dealkylation sites (tertiary alicyclic amines) is 1. The maximum atomic E-state index is 11.2. The second-order valence-corrected chi connectivity index (χ2v) is 6.34. The summed E-state index contributed by atoms with van der Waals surface area (Å²) in [7, 11) is 1.65. The molecule has 5 heteroatoms. The van der Waals surface area contributed by atoms with Crippen molar-refractivity contribution in [1.29, 1.82) is 0 Å². The molecule has 124 valence electrons. The van der Waals surface area contributed by atoms with Crippen LogP contribution in [-0.4, -0.2) is 46.0 Å². The van der Waals surface area contributed by atoms with E-state index in [0.717, 1.165) is 43.8 Å². The number of hydrogen-bond acceptors (Lipinski definition) is 4. The quantitative estimate of drug-likeness (QED) is 0.888. The van der Waals surface area contributed by atoms with Crippen LogP contribution in [0.25, 0.3) is 0 Å². The molecule has 5 nitrogen and oxygen atoms in total. The SMILES string of the molecule is COc1ccc(C(C)(O)C2CCCN2CCn2cccn2)cc1. The van der Waals surface area contributed by atoms with E-state index in [1.54, 1.807) is 13.3 Å². The normalized spacial score (nSPS) is 21.3. The molecular formula is C18H25N3O2. The molecule has 0 bridgehead atoms. The molecule has 0 amide bonds. The third-order valence-corrected chi connectivity index (χ3v) is 4.86. The van der Waals surface area contributed by atoms with E-state index in [-0.39, 0.29) is 6.04 Å². The summed E-state index contributed by atoms with van der Waals surface area (Å²) < 4.78 is 7.15. The van der Waals surface area contributed by atoms with Crippen LogP contribution in [0.2, 0.25) is 0 Å². The Labute approximate surface area is 137 Å². The lowest BCUT2D eigenvalue weighted by Gasteiger charge is -2.37. The largest absolute Gasteiger partial charge is 0.497 e. The molecule has 0 aliphatic carbocycles. The molecule has 0 radical (unpaired) electrons. The molecule has 2 heterocycles. The zero-order valence-electron chi connectivity index (χ0n) is 13.9. The van der Waals surface area contributed by atoms with E-state index in [1.165, 1.54) is 0 Å². The molecule has 1 aromatic carbocycles. The molecule has 1 aliphatic heterocycles. The summed E-state index contributed by atoms with van der Waals surface area (Å²) >= 11 is 0. The second-order valence-electron chi connectivity index (χ2n) is 6.34. The Morgan fingerprint density at radius 2 is 2.09 bits per heavy atom. The molecule has 0 saturated carbocycles. The van der Waals surface area contributed by atoms with Crippen molar-refractivity contribution in [1.82, 2.24) is 14.7 Å². The van der Waals surface area contributed by atoms with E-state index in [0.29, 0.717) is 0 Å². The number of aromatic nitrogens is 2. The van der Waals surface area contributed by atoms with Gasteiger partial charge in [-0.3, -0.25) is 9.58 Å². The molecule has 2 atom stereocenters. The van der Waals surface area contributed by atoms with Crippen LogP contribution in [0.3, 0.4) is 0 Å². The summed E-state index contributed by atoms with van der Waals surface area (Å²) in [5.41, 5.74) is 0.0710. The van der Waals surface area contributed by atoms with Gasteiger partial charge in [-0.25, -0.2) is 0 Å². The molecule has 23 heavy (non-hydrogen) atoms. The van der Waals surface area contributed by atoms with Crippen molar-refractivity contribution in [3.63, 3.8) is 0 Å². The zero-order valence-corrected chi connectivity index (χ0v) is 13.9. The average Bonchev–Trinajstić information content (AvgIpc) is 3.24. The summed E-state index contributed by atoms with van der Waals surface area (Å²) in [6, 6.07) is 9.81. The topological polar surface area (TPSA) is 50.5 Å². The Morgan fingerprint density at radius 3 is 2.74 bits per heavy atom. The summed E-state index contributed by atoms with van der Waals surface area (Å²) in [5, 5.41) is 15.4. The Morgan fingerprint density at radius 1 is 1.30 bits per heavy atom. The van der Waals surface area contributed by atoms with Crippen molar-refractivity contribution in [2.45, 2.75) is 38.0 Å². The monoisotopic (exact) mass is 315 g/mol. The predicted octanol–water partition coefficient (Wildman–Crippen LogP) is 2.26. The highest BCUT2D eigenvalue weighted by atomic mass is 16.5. The molecule has 0 spiro atoms. The van der Waals surface area contributed by atoms with Crippen LogP contribution in [0.4, 0.5) is 0 Å².